The molecule has 0 spiro atoms. The quantitative estimate of drug-likeness (QED) is 0.462. The molecule has 5 heteroatoms. The highest BCUT2D eigenvalue weighted by atomic mass is 127. The lowest BCUT2D eigenvalue weighted by atomic mass is 9.99. The molecule has 0 saturated carbocycles. The summed E-state index contributed by atoms with van der Waals surface area (Å²) in [6.07, 6.45) is 3.95. The first-order valence-corrected chi connectivity index (χ1v) is 7.45. The van der Waals surface area contributed by atoms with Gasteiger partial charge >= 0.3 is 0 Å². The summed E-state index contributed by atoms with van der Waals surface area (Å²) in [5.41, 5.74) is 7.01. The maximum atomic E-state index is 5.96. The van der Waals surface area contributed by atoms with Crippen molar-refractivity contribution in [2.45, 2.75) is 38.6 Å². The van der Waals surface area contributed by atoms with Gasteiger partial charge in [-0.05, 0) is 51.9 Å². The number of nitrogens with one attached hydrogen (secondary N) is 1. The van der Waals surface area contributed by atoms with Gasteiger partial charge in [0.05, 0.1) is 6.54 Å². The fourth-order valence-electron chi connectivity index (χ4n) is 2.59. The molecule has 0 unspecified atom stereocenters. The maximum absolute atomic E-state index is 5.96. The first-order chi connectivity index (χ1) is 9.58. The van der Waals surface area contributed by atoms with Crippen LogP contribution in [0.5, 0.6) is 0 Å². The number of para-hydroxylation sites is 1. The highest BCUT2D eigenvalue weighted by Gasteiger charge is 2.27. The first-order valence-electron chi connectivity index (χ1n) is 7.45. The predicted molar refractivity (Wildman–Crippen MR) is 101 cm³/mol. The SMILES string of the molecule is CC(C)(CN=C(N)Nc1ccccc1)N1CCCCC1.I. The maximum Gasteiger partial charge on any atom is 0.193 e. The van der Waals surface area contributed by atoms with Crippen LogP contribution < -0.4 is 11.1 Å². The molecule has 2 rings (SSSR count). The number of aliphatic imine (C=N–C) groups is 1. The molecule has 1 fully saturated rings. The van der Waals surface area contributed by atoms with Crippen molar-refractivity contribution in [3.05, 3.63) is 30.3 Å². The zero-order valence-corrected chi connectivity index (χ0v) is 15.3. The van der Waals surface area contributed by atoms with Crippen LogP contribution in [0.1, 0.15) is 33.1 Å². The van der Waals surface area contributed by atoms with Crippen LogP contribution in [0.3, 0.4) is 0 Å². The van der Waals surface area contributed by atoms with Gasteiger partial charge in [0.25, 0.3) is 0 Å². The zero-order chi connectivity index (χ0) is 14.4. The fourth-order valence-corrected chi connectivity index (χ4v) is 2.59. The molecule has 0 bridgehead atoms. The summed E-state index contributed by atoms with van der Waals surface area (Å²) in [4.78, 5) is 7.03. The molecule has 118 valence electrons. The first kappa shape index (κ1) is 18.2. The second kappa shape index (κ2) is 8.58. The van der Waals surface area contributed by atoms with E-state index in [1.54, 1.807) is 0 Å². The van der Waals surface area contributed by atoms with Gasteiger partial charge in [0.2, 0.25) is 0 Å². The van der Waals surface area contributed by atoms with Crippen LogP contribution in [-0.4, -0.2) is 36.0 Å². The Bertz CT molecular complexity index is 439. The van der Waals surface area contributed by atoms with Gasteiger partial charge in [-0.25, -0.2) is 0 Å². The third-order valence-corrected chi connectivity index (χ3v) is 3.89. The summed E-state index contributed by atoms with van der Waals surface area (Å²) in [5, 5.41) is 3.13. The molecule has 0 amide bonds. The molecule has 0 radical (unpaired) electrons. The van der Waals surface area contributed by atoms with E-state index in [1.807, 2.05) is 30.3 Å². The normalized spacial score (nSPS) is 17.1. The Hall–Kier alpha value is -0.820. The van der Waals surface area contributed by atoms with Crippen molar-refractivity contribution in [3.63, 3.8) is 0 Å². The van der Waals surface area contributed by atoms with Crippen molar-refractivity contribution >= 4 is 35.6 Å². The van der Waals surface area contributed by atoms with Crippen molar-refractivity contribution in [1.29, 1.82) is 0 Å². The van der Waals surface area contributed by atoms with Crippen LogP contribution in [0, 0.1) is 0 Å². The predicted octanol–water partition coefficient (Wildman–Crippen LogP) is 3.30. The molecule has 1 aromatic carbocycles. The Morgan fingerprint density at radius 3 is 2.43 bits per heavy atom. The topological polar surface area (TPSA) is 53.6 Å². The van der Waals surface area contributed by atoms with E-state index in [9.17, 15) is 0 Å². The average Bonchev–Trinajstić information content (AvgIpc) is 2.47. The van der Waals surface area contributed by atoms with Crippen molar-refractivity contribution in [2.24, 2.45) is 10.7 Å². The van der Waals surface area contributed by atoms with E-state index >= 15 is 0 Å². The Morgan fingerprint density at radius 2 is 1.81 bits per heavy atom. The molecule has 0 aromatic heterocycles. The van der Waals surface area contributed by atoms with Crippen molar-refractivity contribution in [3.8, 4) is 0 Å². The van der Waals surface area contributed by atoms with E-state index in [0.29, 0.717) is 5.96 Å². The van der Waals surface area contributed by atoms with E-state index in [4.69, 9.17) is 5.73 Å². The Balaban J connectivity index is 0.00000220. The van der Waals surface area contributed by atoms with E-state index in [1.165, 1.54) is 32.4 Å². The highest BCUT2D eigenvalue weighted by Crippen LogP contribution is 2.20. The summed E-state index contributed by atoms with van der Waals surface area (Å²) < 4.78 is 0. The van der Waals surface area contributed by atoms with Gasteiger partial charge in [0, 0.05) is 11.2 Å². The van der Waals surface area contributed by atoms with E-state index < -0.39 is 0 Å². The molecule has 1 saturated heterocycles. The van der Waals surface area contributed by atoms with Crippen molar-refractivity contribution in [2.75, 3.05) is 25.0 Å². The molecule has 4 nitrogen and oxygen atoms in total. The van der Waals surface area contributed by atoms with E-state index in [2.05, 4.69) is 29.1 Å². The van der Waals surface area contributed by atoms with Gasteiger partial charge in [-0.1, -0.05) is 24.6 Å². The van der Waals surface area contributed by atoms with Crippen LogP contribution in [0.15, 0.2) is 35.3 Å². The molecule has 1 heterocycles. The number of benzene rings is 1. The molecule has 21 heavy (non-hydrogen) atoms. The van der Waals surface area contributed by atoms with Crippen molar-refractivity contribution < 1.29 is 0 Å². The largest absolute Gasteiger partial charge is 0.370 e. The second-order valence-electron chi connectivity index (χ2n) is 6.05. The number of halogens is 1. The number of anilines is 1. The lowest BCUT2D eigenvalue weighted by Crippen LogP contribution is -2.49. The summed E-state index contributed by atoms with van der Waals surface area (Å²) in [5.74, 6) is 0.487. The summed E-state index contributed by atoms with van der Waals surface area (Å²) in [6.45, 7) is 7.57. The number of guanidine groups is 1. The Morgan fingerprint density at radius 1 is 1.19 bits per heavy atom. The smallest absolute Gasteiger partial charge is 0.193 e. The number of piperidine rings is 1. The van der Waals surface area contributed by atoms with E-state index in [0.717, 1.165) is 12.2 Å². The van der Waals surface area contributed by atoms with Gasteiger partial charge in [0.1, 0.15) is 0 Å². The summed E-state index contributed by atoms with van der Waals surface area (Å²) in [7, 11) is 0. The molecule has 1 aromatic rings. The van der Waals surface area contributed by atoms with E-state index in [-0.39, 0.29) is 29.5 Å². The third kappa shape index (κ3) is 5.82. The lowest BCUT2D eigenvalue weighted by Gasteiger charge is -2.40. The van der Waals surface area contributed by atoms with Crippen LogP contribution in [-0.2, 0) is 0 Å². The van der Waals surface area contributed by atoms with Crippen LogP contribution >= 0.6 is 24.0 Å². The number of nitrogens with zero attached hydrogens (tertiary/aromatic N) is 2. The van der Waals surface area contributed by atoms with Gasteiger partial charge in [-0.2, -0.15) is 0 Å². The van der Waals surface area contributed by atoms with Gasteiger partial charge < -0.3 is 11.1 Å². The average molecular weight is 402 g/mol. The fraction of sp³-hybridized carbons (Fsp3) is 0.562. The number of hydrogen-bond donors (Lipinski definition) is 2. The number of rotatable bonds is 4. The molecule has 1 aliphatic rings. The van der Waals surface area contributed by atoms with Gasteiger partial charge in [-0.3, -0.25) is 9.89 Å². The summed E-state index contributed by atoms with van der Waals surface area (Å²) in [6, 6.07) is 9.91. The van der Waals surface area contributed by atoms with Crippen molar-refractivity contribution in [1.82, 2.24) is 4.90 Å². The standard InChI is InChI=1S/C16H26N4.HI/c1-16(2,20-11-7-4-8-12-20)13-18-15(17)19-14-9-5-3-6-10-14;/h3,5-6,9-10H,4,7-8,11-13H2,1-2H3,(H3,17,18,19);1H. The zero-order valence-electron chi connectivity index (χ0n) is 13.0. The molecular formula is C16H27IN4. The van der Waals surface area contributed by atoms with Gasteiger partial charge in [-0.15, -0.1) is 24.0 Å². The van der Waals surface area contributed by atoms with Gasteiger partial charge in [0.15, 0.2) is 5.96 Å². The monoisotopic (exact) mass is 402 g/mol. The molecule has 3 N–H and O–H groups in total. The molecular weight excluding hydrogens is 375 g/mol. The minimum Gasteiger partial charge on any atom is -0.370 e. The third-order valence-electron chi connectivity index (χ3n) is 3.89. The Labute approximate surface area is 145 Å². The lowest BCUT2D eigenvalue weighted by molar-refractivity contribution is 0.102. The minimum absolute atomic E-state index is 0. The number of hydrogen-bond acceptors (Lipinski definition) is 2. The minimum atomic E-state index is 0. The summed E-state index contributed by atoms with van der Waals surface area (Å²) >= 11 is 0. The highest BCUT2D eigenvalue weighted by molar-refractivity contribution is 14.0. The second-order valence-corrected chi connectivity index (χ2v) is 6.05. The molecule has 0 aliphatic carbocycles. The number of likely N-dealkylation sites (tertiary alicyclic amines) is 1. The van der Waals surface area contributed by atoms with Crippen LogP contribution in [0.2, 0.25) is 0 Å². The molecule has 0 atom stereocenters. The van der Waals surface area contributed by atoms with Crippen LogP contribution in [0.25, 0.3) is 0 Å². The molecule has 1 aliphatic heterocycles. The number of nitrogens with two attached hydrogens (primary N) is 1. The Kier molecular flexibility index (Phi) is 7.45. The van der Waals surface area contributed by atoms with Crippen LogP contribution in [0.4, 0.5) is 5.69 Å².